The molecule has 0 fully saturated rings. The number of benzene rings is 2. The van der Waals surface area contributed by atoms with E-state index in [2.05, 4.69) is 19.7 Å². The van der Waals surface area contributed by atoms with Crippen LogP contribution in [0.25, 0.3) is 22.1 Å². The van der Waals surface area contributed by atoms with E-state index in [9.17, 15) is 19.2 Å². The van der Waals surface area contributed by atoms with Gasteiger partial charge in [-0.2, -0.15) is 0 Å². The third-order valence-electron chi connectivity index (χ3n) is 5.16. The first-order valence-electron chi connectivity index (χ1n) is 11.2. The van der Waals surface area contributed by atoms with Crippen molar-refractivity contribution in [3.8, 4) is 22.6 Å². The zero-order valence-corrected chi connectivity index (χ0v) is 20.8. The lowest BCUT2D eigenvalue weighted by atomic mass is 10.0. The molecule has 190 valence electrons. The van der Waals surface area contributed by atoms with Crippen LogP contribution in [0.15, 0.2) is 88.3 Å². The van der Waals surface area contributed by atoms with Gasteiger partial charge in [0, 0.05) is 29.2 Å². The lowest BCUT2D eigenvalue weighted by molar-refractivity contribution is -0.139. The molecule has 0 saturated heterocycles. The Balaban J connectivity index is 1.98. The molecule has 0 aliphatic carbocycles. The smallest absolute Gasteiger partial charge is 0.338 e. The van der Waals surface area contributed by atoms with Gasteiger partial charge in [0.25, 0.3) is 0 Å². The van der Waals surface area contributed by atoms with E-state index in [1.54, 1.807) is 31.2 Å². The zero-order chi connectivity index (χ0) is 27.3. The highest BCUT2D eigenvalue weighted by atomic mass is 16.6. The minimum absolute atomic E-state index is 0.00872. The Morgan fingerprint density at radius 2 is 1.43 bits per heavy atom. The lowest BCUT2D eigenvalue weighted by Crippen LogP contribution is -2.12. The summed E-state index contributed by atoms with van der Waals surface area (Å²) in [5, 5.41) is 0.0461. The van der Waals surface area contributed by atoms with Gasteiger partial charge in [-0.15, -0.1) is 0 Å². The van der Waals surface area contributed by atoms with Gasteiger partial charge in [-0.05, 0) is 38.0 Å². The van der Waals surface area contributed by atoms with Crippen molar-refractivity contribution in [1.29, 1.82) is 0 Å². The second-order valence-electron chi connectivity index (χ2n) is 8.48. The van der Waals surface area contributed by atoms with Crippen molar-refractivity contribution < 1.29 is 33.0 Å². The van der Waals surface area contributed by atoms with Crippen molar-refractivity contribution in [2.45, 2.75) is 27.2 Å². The molecule has 3 rings (SSSR count). The predicted molar refractivity (Wildman–Crippen MR) is 138 cm³/mol. The maximum atomic E-state index is 13.4. The summed E-state index contributed by atoms with van der Waals surface area (Å²) >= 11 is 0. The fraction of sp³-hybridized carbons (Fsp3) is 0.172. The molecule has 0 amide bonds. The quantitative estimate of drug-likeness (QED) is 0.226. The Labute approximate surface area is 213 Å². The van der Waals surface area contributed by atoms with Crippen molar-refractivity contribution in [3.63, 3.8) is 0 Å². The van der Waals surface area contributed by atoms with Gasteiger partial charge >= 0.3 is 17.9 Å². The minimum Gasteiger partial charge on any atom is -0.462 e. The van der Waals surface area contributed by atoms with Crippen molar-refractivity contribution in [3.05, 3.63) is 94.9 Å². The molecule has 0 spiro atoms. The van der Waals surface area contributed by atoms with Crippen LogP contribution in [0, 0.1) is 0 Å². The van der Waals surface area contributed by atoms with E-state index in [-0.39, 0.29) is 45.8 Å². The van der Waals surface area contributed by atoms with Crippen molar-refractivity contribution in [2.24, 2.45) is 0 Å². The van der Waals surface area contributed by atoms with Crippen LogP contribution < -0.4 is 14.9 Å². The SMILES string of the molecule is C=C(C)C(=O)OCCc1ccc(-c2coc3c(OC(=O)C(=C)C)cc(OC(=O)C(=C)C)cc3c2=O)cc1. The summed E-state index contributed by atoms with van der Waals surface area (Å²) in [4.78, 5) is 49.2. The number of carbonyl (C=O) groups is 3. The van der Waals surface area contributed by atoms with Gasteiger partial charge in [-0.1, -0.05) is 44.0 Å². The van der Waals surface area contributed by atoms with E-state index in [0.717, 1.165) is 5.56 Å². The summed E-state index contributed by atoms with van der Waals surface area (Å²) in [6.45, 7) is 15.3. The van der Waals surface area contributed by atoms with Crippen molar-refractivity contribution in [2.75, 3.05) is 6.61 Å². The number of rotatable bonds is 9. The number of ether oxygens (including phenoxy) is 3. The third-order valence-corrected chi connectivity index (χ3v) is 5.16. The third kappa shape index (κ3) is 6.49. The lowest BCUT2D eigenvalue weighted by Gasteiger charge is -2.11. The van der Waals surface area contributed by atoms with Crippen LogP contribution in [0.1, 0.15) is 26.3 Å². The number of fused-ring (bicyclic) bond motifs is 1. The molecule has 8 nitrogen and oxygen atoms in total. The number of carbonyl (C=O) groups excluding carboxylic acids is 3. The second kappa shape index (κ2) is 11.3. The molecule has 8 heteroatoms. The number of hydrogen-bond acceptors (Lipinski definition) is 8. The van der Waals surface area contributed by atoms with E-state index in [1.807, 2.05) is 0 Å². The molecule has 0 N–H and O–H groups in total. The van der Waals surface area contributed by atoms with Crippen LogP contribution in [-0.4, -0.2) is 24.5 Å². The molecule has 0 unspecified atom stereocenters. The normalized spacial score (nSPS) is 10.5. The van der Waals surface area contributed by atoms with Crippen LogP contribution in [0.2, 0.25) is 0 Å². The molecule has 0 bridgehead atoms. The van der Waals surface area contributed by atoms with Gasteiger partial charge in [0.15, 0.2) is 11.3 Å². The first-order chi connectivity index (χ1) is 17.5. The Morgan fingerprint density at radius 1 is 0.838 bits per heavy atom. The van der Waals surface area contributed by atoms with E-state index in [0.29, 0.717) is 17.6 Å². The monoisotopic (exact) mass is 502 g/mol. The Kier molecular flexibility index (Phi) is 8.24. The van der Waals surface area contributed by atoms with E-state index < -0.39 is 23.3 Å². The molecule has 0 aliphatic heterocycles. The Hall–Kier alpha value is -4.72. The predicted octanol–water partition coefficient (Wildman–Crippen LogP) is 5.08. The fourth-order valence-electron chi connectivity index (χ4n) is 3.13. The van der Waals surface area contributed by atoms with Gasteiger partial charge in [0.2, 0.25) is 5.43 Å². The molecule has 0 aliphatic rings. The summed E-state index contributed by atoms with van der Waals surface area (Å²) in [6, 6.07) is 9.70. The topological polar surface area (TPSA) is 109 Å². The Morgan fingerprint density at radius 3 is 2.03 bits per heavy atom. The van der Waals surface area contributed by atoms with Crippen LogP contribution in [0.5, 0.6) is 11.5 Å². The van der Waals surface area contributed by atoms with Gasteiger partial charge in [-0.25, -0.2) is 14.4 Å². The van der Waals surface area contributed by atoms with Crippen LogP contribution in [0.4, 0.5) is 0 Å². The van der Waals surface area contributed by atoms with Crippen LogP contribution in [0.3, 0.4) is 0 Å². The standard InChI is InChI=1S/C29H26O8/c1-16(2)27(31)34-12-11-19-7-9-20(10-8-19)23-15-35-26-22(25(23)30)13-21(36-28(32)17(3)4)14-24(26)37-29(33)18(5)6/h7-10,13-15H,1,3,5,11-12H2,2,4,6H3. The second-order valence-corrected chi connectivity index (χ2v) is 8.48. The van der Waals surface area contributed by atoms with Gasteiger partial charge < -0.3 is 18.6 Å². The molecule has 0 radical (unpaired) electrons. The highest BCUT2D eigenvalue weighted by Gasteiger charge is 2.19. The van der Waals surface area contributed by atoms with E-state index in [4.69, 9.17) is 18.6 Å². The van der Waals surface area contributed by atoms with Gasteiger partial charge in [0.1, 0.15) is 12.0 Å². The zero-order valence-electron chi connectivity index (χ0n) is 20.8. The molecule has 0 saturated carbocycles. The average Bonchev–Trinajstić information content (AvgIpc) is 2.85. The maximum Gasteiger partial charge on any atom is 0.338 e. The molecular weight excluding hydrogens is 476 g/mol. The molecule has 0 atom stereocenters. The Bertz CT molecular complexity index is 1490. The summed E-state index contributed by atoms with van der Waals surface area (Å²) in [5.41, 5.74) is 1.90. The highest BCUT2D eigenvalue weighted by molar-refractivity contribution is 5.95. The molecule has 37 heavy (non-hydrogen) atoms. The molecule has 3 aromatic rings. The fourth-order valence-corrected chi connectivity index (χ4v) is 3.13. The maximum absolute atomic E-state index is 13.4. The first kappa shape index (κ1) is 26.9. The number of esters is 3. The van der Waals surface area contributed by atoms with Gasteiger partial charge in [0.05, 0.1) is 17.6 Å². The minimum atomic E-state index is -0.735. The summed E-state index contributed by atoms with van der Waals surface area (Å²) in [5.74, 6) is -2.01. The number of hydrogen-bond donors (Lipinski definition) is 0. The molecule has 1 heterocycles. The first-order valence-corrected chi connectivity index (χ1v) is 11.2. The van der Waals surface area contributed by atoms with Crippen molar-refractivity contribution >= 4 is 28.9 Å². The van der Waals surface area contributed by atoms with E-state index in [1.165, 1.54) is 32.2 Å². The van der Waals surface area contributed by atoms with Gasteiger partial charge in [-0.3, -0.25) is 4.79 Å². The molecule has 2 aromatic carbocycles. The molecular formula is C29H26O8. The summed E-state index contributed by atoms with van der Waals surface area (Å²) in [7, 11) is 0. The highest BCUT2D eigenvalue weighted by Crippen LogP contribution is 2.32. The average molecular weight is 503 g/mol. The van der Waals surface area contributed by atoms with Crippen molar-refractivity contribution in [1.82, 2.24) is 0 Å². The largest absolute Gasteiger partial charge is 0.462 e. The van der Waals surface area contributed by atoms with Crippen LogP contribution >= 0.6 is 0 Å². The summed E-state index contributed by atoms with van der Waals surface area (Å²) < 4.78 is 21.4. The summed E-state index contributed by atoms with van der Waals surface area (Å²) in [6.07, 6.45) is 1.76. The molecule has 1 aromatic heterocycles. The van der Waals surface area contributed by atoms with Crippen LogP contribution in [-0.2, 0) is 25.5 Å². The van der Waals surface area contributed by atoms with E-state index >= 15 is 0 Å².